The normalized spacial score (nSPS) is 10.9. The van der Waals surface area contributed by atoms with Gasteiger partial charge in [-0.25, -0.2) is 0 Å². The number of carboxylic acid groups (broad SMARTS) is 1. The summed E-state index contributed by atoms with van der Waals surface area (Å²) in [5.74, 6) is -2.47. The number of aliphatic carboxylic acids is 1. The minimum absolute atomic E-state index is 0.0306. The molecule has 6 nitrogen and oxygen atoms in total. The van der Waals surface area contributed by atoms with Crippen molar-refractivity contribution in [3.63, 3.8) is 0 Å². The van der Waals surface area contributed by atoms with E-state index in [4.69, 9.17) is 5.11 Å². The van der Waals surface area contributed by atoms with E-state index in [9.17, 15) is 27.6 Å². The molecule has 0 aromatic heterocycles. The third kappa shape index (κ3) is 5.84. The molecule has 9 heteroatoms. The molecule has 0 saturated heterocycles. The van der Waals surface area contributed by atoms with Gasteiger partial charge in [0.25, 0.3) is 5.91 Å². The Bertz CT molecular complexity index is 866. The number of alkyl halides is 3. The first-order chi connectivity index (χ1) is 12.7. The van der Waals surface area contributed by atoms with E-state index >= 15 is 0 Å². The van der Waals surface area contributed by atoms with E-state index < -0.39 is 29.5 Å². The Hall–Kier alpha value is -3.36. The number of halogens is 3. The number of hydrogen-bond acceptors (Lipinski definition) is 3. The Kier molecular flexibility index (Phi) is 6.17. The molecule has 2 rings (SSSR count). The molecule has 3 N–H and O–H groups in total. The number of para-hydroxylation sites is 1. The van der Waals surface area contributed by atoms with Crippen LogP contribution in [0.1, 0.15) is 28.8 Å². The Morgan fingerprint density at radius 1 is 0.926 bits per heavy atom. The van der Waals surface area contributed by atoms with Crippen molar-refractivity contribution in [3.05, 3.63) is 59.7 Å². The predicted octanol–water partition coefficient (Wildman–Crippen LogP) is 3.76. The first-order valence-electron chi connectivity index (χ1n) is 7.76. The van der Waals surface area contributed by atoms with Gasteiger partial charge in [0, 0.05) is 17.7 Å². The zero-order valence-electron chi connectivity index (χ0n) is 13.8. The van der Waals surface area contributed by atoms with E-state index in [1.54, 1.807) is 0 Å². The standard InChI is InChI=1S/C18H15F3N2O4/c19-18(20,21)13-6-1-2-7-14(13)23-17(27)11-4-3-5-12(10-11)22-15(24)8-9-16(25)26/h1-7,10H,8-9H2,(H,22,24)(H,23,27)(H,25,26). The number of rotatable bonds is 6. The summed E-state index contributed by atoms with van der Waals surface area (Å²) >= 11 is 0. The van der Waals surface area contributed by atoms with Gasteiger partial charge >= 0.3 is 12.1 Å². The fraction of sp³-hybridized carbons (Fsp3) is 0.167. The number of carboxylic acids is 1. The van der Waals surface area contributed by atoms with Crippen LogP contribution in [0.3, 0.4) is 0 Å². The second kappa shape index (κ2) is 8.35. The maximum absolute atomic E-state index is 13.0. The van der Waals surface area contributed by atoms with Crippen LogP contribution in [-0.2, 0) is 15.8 Å². The number of anilines is 2. The first kappa shape index (κ1) is 20.0. The third-order valence-corrected chi connectivity index (χ3v) is 3.46. The highest BCUT2D eigenvalue weighted by Crippen LogP contribution is 2.34. The van der Waals surface area contributed by atoms with Crippen LogP contribution in [0, 0.1) is 0 Å². The summed E-state index contributed by atoms with van der Waals surface area (Å²) < 4.78 is 39.0. The largest absolute Gasteiger partial charge is 0.481 e. The van der Waals surface area contributed by atoms with E-state index in [0.29, 0.717) is 0 Å². The third-order valence-electron chi connectivity index (χ3n) is 3.46. The average molecular weight is 380 g/mol. The zero-order chi connectivity index (χ0) is 20.0. The minimum Gasteiger partial charge on any atom is -0.481 e. The van der Waals surface area contributed by atoms with Gasteiger partial charge in [0.1, 0.15) is 0 Å². The maximum atomic E-state index is 13.0. The fourth-order valence-electron chi connectivity index (χ4n) is 2.22. The van der Waals surface area contributed by atoms with E-state index in [1.165, 1.54) is 36.4 Å². The van der Waals surface area contributed by atoms with Crippen LogP contribution in [0.15, 0.2) is 48.5 Å². The van der Waals surface area contributed by atoms with Gasteiger partial charge in [-0.15, -0.1) is 0 Å². The molecule has 0 spiro atoms. The Morgan fingerprint density at radius 2 is 1.63 bits per heavy atom. The molecule has 0 radical (unpaired) electrons. The molecule has 142 valence electrons. The van der Waals surface area contributed by atoms with E-state index in [-0.39, 0.29) is 29.8 Å². The highest BCUT2D eigenvalue weighted by Gasteiger charge is 2.33. The molecule has 2 amide bonds. The molecule has 2 aromatic rings. The smallest absolute Gasteiger partial charge is 0.418 e. The summed E-state index contributed by atoms with van der Waals surface area (Å²) in [6.45, 7) is 0. The molecule has 0 atom stereocenters. The summed E-state index contributed by atoms with van der Waals surface area (Å²) in [5, 5.41) is 13.2. The monoisotopic (exact) mass is 380 g/mol. The quantitative estimate of drug-likeness (QED) is 0.711. The van der Waals surface area contributed by atoms with Crippen molar-refractivity contribution in [1.29, 1.82) is 0 Å². The maximum Gasteiger partial charge on any atom is 0.418 e. The molecular formula is C18H15F3N2O4. The van der Waals surface area contributed by atoms with Gasteiger partial charge in [-0.1, -0.05) is 18.2 Å². The van der Waals surface area contributed by atoms with Crippen LogP contribution in [0.5, 0.6) is 0 Å². The lowest BCUT2D eigenvalue weighted by Crippen LogP contribution is -2.17. The van der Waals surface area contributed by atoms with Crippen LogP contribution >= 0.6 is 0 Å². The minimum atomic E-state index is -4.62. The number of carbonyl (C=O) groups is 3. The van der Waals surface area contributed by atoms with E-state index in [1.807, 2.05) is 0 Å². The number of nitrogens with one attached hydrogen (secondary N) is 2. The lowest BCUT2D eigenvalue weighted by molar-refractivity contribution is -0.138. The molecule has 0 bridgehead atoms. The van der Waals surface area contributed by atoms with Crippen LogP contribution in [0.2, 0.25) is 0 Å². The van der Waals surface area contributed by atoms with E-state index in [2.05, 4.69) is 10.6 Å². The number of benzene rings is 2. The van der Waals surface area contributed by atoms with Gasteiger partial charge in [0.2, 0.25) is 5.91 Å². The van der Waals surface area contributed by atoms with Gasteiger partial charge in [0.15, 0.2) is 0 Å². The van der Waals surface area contributed by atoms with Crippen molar-refractivity contribution in [2.75, 3.05) is 10.6 Å². The SMILES string of the molecule is O=C(O)CCC(=O)Nc1cccc(C(=O)Nc2ccccc2C(F)(F)F)c1. The molecule has 0 saturated carbocycles. The van der Waals surface area contributed by atoms with Gasteiger partial charge in [0.05, 0.1) is 17.7 Å². The van der Waals surface area contributed by atoms with Crippen molar-refractivity contribution < 1.29 is 32.7 Å². The molecular weight excluding hydrogens is 365 g/mol. The van der Waals surface area contributed by atoms with Crippen molar-refractivity contribution in [3.8, 4) is 0 Å². The number of amides is 2. The molecule has 0 aliphatic rings. The summed E-state index contributed by atoms with van der Waals surface area (Å²) in [5.41, 5.74) is -1.10. The van der Waals surface area contributed by atoms with Crippen molar-refractivity contribution >= 4 is 29.2 Å². The molecule has 0 fully saturated rings. The highest BCUT2D eigenvalue weighted by atomic mass is 19.4. The first-order valence-corrected chi connectivity index (χ1v) is 7.76. The summed E-state index contributed by atoms with van der Waals surface area (Å²) in [6, 6.07) is 10.1. The van der Waals surface area contributed by atoms with Crippen molar-refractivity contribution in [2.45, 2.75) is 19.0 Å². The van der Waals surface area contributed by atoms with Crippen LogP contribution in [0.4, 0.5) is 24.5 Å². The highest BCUT2D eigenvalue weighted by molar-refractivity contribution is 6.05. The lowest BCUT2D eigenvalue weighted by Gasteiger charge is -2.14. The topological polar surface area (TPSA) is 95.5 Å². The predicted molar refractivity (Wildman–Crippen MR) is 91.3 cm³/mol. The molecule has 0 aliphatic heterocycles. The van der Waals surface area contributed by atoms with Crippen LogP contribution in [-0.4, -0.2) is 22.9 Å². The number of carbonyl (C=O) groups excluding carboxylic acids is 2. The summed E-state index contributed by atoms with van der Waals surface area (Å²) in [6.07, 6.45) is -5.21. The fourth-order valence-corrected chi connectivity index (χ4v) is 2.22. The Morgan fingerprint density at radius 3 is 2.30 bits per heavy atom. The van der Waals surface area contributed by atoms with Gasteiger partial charge in [-0.2, -0.15) is 13.2 Å². The molecule has 0 unspecified atom stereocenters. The zero-order valence-corrected chi connectivity index (χ0v) is 13.8. The summed E-state index contributed by atoms with van der Waals surface area (Å²) in [7, 11) is 0. The van der Waals surface area contributed by atoms with Crippen molar-refractivity contribution in [2.24, 2.45) is 0 Å². The Balaban J connectivity index is 2.12. The van der Waals surface area contributed by atoms with Crippen molar-refractivity contribution in [1.82, 2.24) is 0 Å². The molecule has 2 aromatic carbocycles. The molecule has 0 aliphatic carbocycles. The molecule has 0 heterocycles. The lowest BCUT2D eigenvalue weighted by atomic mass is 10.1. The van der Waals surface area contributed by atoms with Crippen LogP contribution < -0.4 is 10.6 Å². The van der Waals surface area contributed by atoms with E-state index in [0.717, 1.165) is 12.1 Å². The number of hydrogen-bond donors (Lipinski definition) is 3. The summed E-state index contributed by atoms with van der Waals surface area (Å²) in [4.78, 5) is 34.4. The average Bonchev–Trinajstić information content (AvgIpc) is 2.59. The van der Waals surface area contributed by atoms with Gasteiger partial charge < -0.3 is 15.7 Å². The van der Waals surface area contributed by atoms with Gasteiger partial charge in [-0.3, -0.25) is 14.4 Å². The van der Waals surface area contributed by atoms with Gasteiger partial charge in [-0.05, 0) is 30.3 Å². The second-order valence-electron chi connectivity index (χ2n) is 5.52. The second-order valence-corrected chi connectivity index (χ2v) is 5.52. The van der Waals surface area contributed by atoms with Crippen LogP contribution in [0.25, 0.3) is 0 Å². The molecule has 27 heavy (non-hydrogen) atoms. The Labute approximate surface area is 152 Å².